The van der Waals surface area contributed by atoms with Crippen molar-refractivity contribution in [3.8, 4) is 0 Å². The van der Waals surface area contributed by atoms with E-state index in [-0.39, 0.29) is 30.5 Å². The molecule has 2 atom stereocenters. The fourth-order valence-corrected chi connectivity index (χ4v) is 3.25. The monoisotopic (exact) mass is 340 g/mol. The van der Waals surface area contributed by atoms with Crippen LogP contribution in [-0.4, -0.2) is 72.7 Å². The predicted molar refractivity (Wildman–Crippen MR) is 88.5 cm³/mol. The fourth-order valence-electron chi connectivity index (χ4n) is 3.25. The Labute approximate surface area is 142 Å². The number of carbonyl (C=O) groups is 3. The molecule has 0 aromatic rings. The third-order valence-electron chi connectivity index (χ3n) is 4.52. The molecule has 2 heterocycles. The molecule has 2 saturated heterocycles. The molecule has 0 unspecified atom stereocenters. The van der Waals surface area contributed by atoms with Gasteiger partial charge in [0.1, 0.15) is 6.04 Å². The van der Waals surface area contributed by atoms with Gasteiger partial charge >= 0.3 is 12.1 Å². The summed E-state index contributed by atoms with van der Waals surface area (Å²) in [5, 5.41) is 5.46. The van der Waals surface area contributed by atoms with Gasteiger partial charge in [0, 0.05) is 26.2 Å². The summed E-state index contributed by atoms with van der Waals surface area (Å²) in [7, 11) is 0. The maximum atomic E-state index is 12.9. The molecule has 0 bridgehead atoms. The average molecular weight is 340 g/mol. The van der Waals surface area contributed by atoms with Gasteiger partial charge in [0.25, 0.3) is 0 Å². The lowest BCUT2D eigenvalue weighted by atomic mass is 9.99. The summed E-state index contributed by atoms with van der Waals surface area (Å²) < 4.78 is 4.89. The number of nitrogens with one attached hydrogen (secondary N) is 2. The van der Waals surface area contributed by atoms with E-state index in [4.69, 9.17) is 4.74 Å². The van der Waals surface area contributed by atoms with Gasteiger partial charge in [-0.3, -0.25) is 4.79 Å². The summed E-state index contributed by atoms with van der Waals surface area (Å²) in [5.41, 5.74) is 0. The van der Waals surface area contributed by atoms with E-state index in [0.717, 1.165) is 12.8 Å². The molecule has 4 amide bonds. The molecule has 24 heavy (non-hydrogen) atoms. The smallest absolute Gasteiger partial charge is 0.407 e. The molecule has 8 nitrogen and oxygen atoms in total. The Morgan fingerprint density at radius 3 is 2.71 bits per heavy atom. The number of rotatable bonds is 5. The summed E-state index contributed by atoms with van der Waals surface area (Å²) in [5.74, 6) is -0.153. The van der Waals surface area contributed by atoms with Crippen LogP contribution >= 0.6 is 0 Å². The van der Waals surface area contributed by atoms with Crippen molar-refractivity contribution in [2.45, 2.75) is 45.7 Å². The highest BCUT2D eigenvalue weighted by Gasteiger charge is 2.36. The number of nitrogens with zero attached hydrogens (tertiary/aromatic N) is 2. The molecule has 0 aliphatic carbocycles. The number of piperidine rings is 1. The Bertz CT molecular complexity index is 483. The molecule has 0 spiro atoms. The molecule has 0 radical (unpaired) electrons. The first-order chi connectivity index (χ1) is 11.4. The van der Waals surface area contributed by atoms with E-state index in [0.29, 0.717) is 26.2 Å². The molecule has 2 N–H and O–H groups in total. The van der Waals surface area contributed by atoms with E-state index in [1.54, 1.807) is 11.8 Å². The Balaban J connectivity index is 2.00. The SMILES string of the molecule is CCOC(=O)N[C@@H](C(=O)N1CCC[C@@H](N2CCNC2=O)C1)C(C)C. The van der Waals surface area contributed by atoms with Gasteiger partial charge in [0.2, 0.25) is 5.91 Å². The average Bonchev–Trinajstić information content (AvgIpc) is 2.98. The third-order valence-corrected chi connectivity index (χ3v) is 4.52. The lowest BCUT2D eigenvalue weighted by Gasteiger charge is -2.39. The number of ether oxygens (including phenoxy) is 1. The second-order valence-electron chi connectivity index (χ2n) is 6.59. The number of hydrogen-bond acceptors (Lipinski definition) is 4. The van der Waals surface area contributed by atoms with Crippen LogP contribution in [-0.2, 0) is 9.53 Å². The summed E-state index contributed by atoms with van der Waals surface area (Å²) in [6, 6.07) is -0.629. The quantitative estimate of drug-likeness (QED) is 0.773. The largest absolute Gasteiger partial charge is 0.450 e. The maximum absolute atomic E-state index is 12.9. The molecule has 2 aliphatic heterocycles. The van der Waals surface area contributed by atoms with Crippen molar-refractivity contribution in [2.75, 3.05) is 32.8 Å². The topological polar surface area (TPSA) is 91.0 Å². The minimum atomic E-state index is -0.616. The van der Waals surface area contributed by atoms with E-state index in [1.165, 1.54) is 0 Å². The van der Waals surface area contributed by atoms with Crippen LogP contribution < -0.4 is 10.6 Å². The van der Waals surface area contributed by atoms with Crippen molar-refractivity contribution in [3.05, 3.63) is 0 Å². The second-order valence-corrected chi connectivity index (χ2v) is 6.59. The van der Waals surface area contributed by atoms with Gasteiger partial charge < -0.3 is 25.2 Å². The van der Waals surface area contributed by atoms with Crippen LogP contribution in [0.25, 0.3) is 0 Å². The van der Waals surface area contributed by atoms with Crippen molar-refractivity contribution >= 4 is 18.0 Å². The standard InChI is InChI=1S/C16H28N4O4/c1-4-24-16(23)18-13(11(2)3)14(21)19-8-5-6-12(10-19)20-9-7-17-15(20)22/h11-13H,4-10H2,1-3H3,(H,17,22)(H,18,23)/t12-,13-/m1/s1. The van der Waals surface area contributed by atoms with Crippen molar-refractivity contribution in [3.63, 3.8) is 0 Å². The predicted octanol–water partition coefficient (Wildman–Crippen LogP) is 0.773. The highest BCUT2D eigenvalue weighted by Crippen LogP contribution is 2.19. The Hall–Kier alpha value is -1.99. The van der Waals surface area contributed by atoms with Crippen LogP contribution in [0.1, 0.15) is 33.6 Å². The Morgan fingerprint density at radius 1 is 1.38 bits per heavy atom. The van der Waals surface area contributed by atoms with E-state index < -0.39 is 12.1 Å². The number of carbonyl (C=O) groups excluding carboxylic acids is 3. The minimum Gasteiger partial charge on any atom is -0.450 e. The normalized spacial score (nSPS) is 22.3. The summed E-state index contributed by atoms with van der Waals surface area (Å²) in [6.07, 6.45) is 1.18. The van der Waals surface area contributed by atoms with E-state index in [2.05, 4.69) is 10.6 Å². The summed E-state index contributed by atoms with van der Waals surface area (Å²) in [6.45, 7) is 8.28. The number of urea groups is 1. The van der Waals surface area contributed by atoms with Crippen LogP contribution in [0, 0.1) is 5.92 Å². The van der Waals surface area contributed by atoms with Crippen LogP contribution in [0.3, 0.4) is 0 Å². The molecule has 8 heteroatoms. The number of hydrogen-bond donors (Lipinski definition) is 2. The van der Waals surface area contributed by atoms with E-state index >= 15 is 0 Å². The first kappa shape index (κ1) is 18.4. The van der Waals surface area contributed by atoms with Gasteiger partial charge in [0.05, 0.1) is 12.6 Å². The molecular formula is C16H28N4O4. The molecule has 2 fully saturated rings. The minimum absolute atomic E-state index is 0.0422. The maximum Gasteiger partial charge on any atom is 0.407 e. The zero-order valence-corrected chi connectivity index (χ0v) is 14.7. The Morgan fingerprint density at radius 2 is 2.12 bits per heavy atom. The fraction of sp³-hybridized carbons (Fsp3) is 0.812. The molecular weight excluding hydrogens is 312 g/mol. The highest BCUT2D eigenvalue weighted by atomic mass is 16.5. The van der Waals surface area contributed by atoms with Crippen LogP contribution in [0.4, 0.5) is 9.59 Å². The van der Waals surface area contributed by atoms with Crippen molar-refractivity contribution < 1.29 is 19.1 Å². The van der Waals surface area contributed by atoms with Gasteiger partial charge in [-0.15, -0.1) is 0 Å². The van der Waals surface area contributed by atoms with Crippen LogP contribution in [0.5, 0.6) is 0 Å². The first-order valence-corrected chi connectivity index (χ1v) is 8.70. The zero-order valence-electron chi connectivity index (χ0n) is 14.7. The molecule has 0 saturated carbocycles. The lowest BCUT2D eigenvalue weighted by molar-refractivity contribution is -0.136. The second kappa shape index (κ2) is 8.21. The highest BCUT2D eigenvalue weighted by molar-refractivity contribution is 5.86. The Kier molecular flexibility index (Phi) is 6.28. The van der Waals surface area contributed by atoms with Crippen LogP contribution in [0.15, 0.2) is 0 Å². The molecule has 2 rings (SSSR count). The van der Waals surface area contributed by atoms with E-state index in [9.17, 15) is 14.4 Å². The van der Waals surface area contributed by atoms with Crippen LogP contribution in [0.2, 0.25) is 0 Å². The molecule has 0 aromatic heterocycles. The van der Waals surface area contributed by atoms with E-state index in [1.807, 2.05) is 18.7 Å². The molecule has 2 aliphatic rings. The number of likely N-dealkylation sites (tertiary alicyclic amines) is 1. The van der Waals surface area contributed by atoms with Gasteiger partial charge in [-0.1, -0.05) is 13.8 Å². The van der Waals surface area contributed by atoms with Gasteiger partial charge in [0.15, 0.2) is 0 Å². The van der Waals surface area contributed by atoms with Crippen molar-refractivity contribution in [1.29, 1.82) is 0 Å². The number of amides is 4. The van der Waals surface area contributed by atoms with Gasteiger partial charge in [-0.05, 0) is 25.7 Å². The number of alkyl carbamates (subject to hydrolysis) is 1. The molecule has 136 valence electrons. The molecule has 0 aromatic carbocycles. The lowest BCUT2D eigenvalue weighted by Crippen LogP contribution is -2.56. The third kappa shape index (κ3) is 4.30. The van der Waals surface area contributed by atoms with Gasteiger partial charge in [-0.25, -0.2) is 9.59 Å². The van der Waals surface area contributed by atoms with Gasteiger partial charge in [-0.2, -0.15) is 0 Å². The summed E-state index contributed by atoms with van der Waals surface area (Å²) in [4.78, 5) is 40.0. The van der Waals surface area contributed by atoms with Crippen molar-refractivity contribution in [2.24, 2.45) is 5.92 Å². The first-order valence-electron chi connectivity index (χ1n) is 8.70. The van der Waals surface area contributed by atoms with Crippen molar-refractivity contribution in [1.82, 2.24) is 20.4 Å². The zero-order chi connectivity index (χ0) is 17.7. The summed E-state index contributed by atoms with van der Waals surface area (Å²) >= 11 is 0.